The molecule has 37 heavy (non-hydrogen) atoms. The molecule has 0 aliphatic carbocycles. The lowest BCUT2D eigenvalue weighted by atomic mass is 10.1. The summed E-state index contributed by atoms with van der Waals surface area (Å²) >= 11 is 0. The van der Waals surface area contributed by atoms with Gasteiger partial charge in [-0.15, -0.1) is 0 Å². The normalized spacial score (nSPS) is 11.2. The average Bonchev–Trinajstić information content (AvgIpc) is 3.40. The third-order valence-corrected chi connectivity index (χ3v) is 6.44. The largest absolute Gasteiger partial charge is 0.240 e. The van der Waals surface area contributed by atoms with Crippen LogP contribution in [0, 0.1) is 0 Å². The lowest BCUT2D eigenvalue weighted by Crippen LogP contribution is -2.00. The first-order valence-corrected chi connectivity index (χ1v) is 12.2. The van der Waals surface area contributed by atoms with Crippen LogP contribution in [0.1, 0.15) is 0 Å². The van der Waals surface area contributed by atoms with Crippen LogP contribution in [0.3, 0.4) is 0 Å². The second kappa shape index (κ2) is 8.81. The first kappa shape index (κ1) is 21.1. The van der Waals surface area contributed by atoms with E-state index in [1.165, 1.54) is 5.39 Å². The first-order chi connectivity index (χ1) is 18.3. The zero-order valence-corrected chi connectivity index (χ0v) is 19.9. The molecular formula is C32H21N5. The van der Waals surface area contributed by atoms with Crippen molar-refractivity contribution in [3.8, 4) is 45.4 Å². The summed E-state index contributed by atoms with van der Waals surface area (Å²) in [4.78, 5) is 14.5. The number of hydrogen-bond acceptors (Lipinski definition) is 4. The van der Waals surface area contributed by atoms with Crippen LogP contribution in [0.4, 0.5) is 0 Å². The highest BCUT2D eigenvalue weighted by atomic mass is 15.2. The number of aromatic nitrogens is 5. The van der Waals surface area contributed by atoms with Gasteiger partial charge in [0.2, 0.25) is 0 Å². The maximum atomic E-state index is 4.87. The van der Waals surface area contributed by atoms with E-state index in [0.717, 1.165) is 38.9 Å². The Kier molecular flexibility index (Phi) is 5.03. The van der Waals surface area contributed by atoms with Crippen molar-refractivity contribution in [1.29, 1.82) is 0 Å². The number of benzene rings is 4. The first-order valence-electron chi connectivity index (χ1n) is 12.2. The second-order valence-corrected chi connectivity index (χ2v) is 8.92. The van der Waals surface area contributed by atoms with Crippen LogP contribution in [0.5, 0.6) is 0 Å². The monoisotopic (exact) mass is 475 g/mol. The standard InChI is InChI=1S/C32H21N5/c1-3-10-22(11-4-1)30-33-31(23-12-5-2-6-13-23)35-32(34-30)26-17-9-16-25(18-26)29-20-28-19-24-14-7-8-15-27(24)21-37(28)36-29/h1-21H. The van der Waals surface area contributed by atoms with Gasteiger partial charge in [-0.1, -0.05) is 103 Å². The van der Waals surface area contributed by atoms with Gasteiger partial charge in [-0.25, -0.2) is 19.5 Å². The van der Waals surface area contributed by atoms with Crippen molar-refractivity contribution in [1.82, 2.24) is 24.6 Å². The van der Waals surface area contributed by atoms with Crippen LogP contribution in [0.15, 0.2) is 128 Å². The molecule has 0 spiro atoms. The summed E-state index contributed by atoms with van der Waals surface area (Å²) in [5, 5.41) is 7.22. The number of nitrogens with zero attached hydrogens (tertiary/aromatic N) is 5. The van der Waals surface area contributed by atoms with E-state index in [1.54, 1.807) is 0 Å². The van der Waals surface area contributed by atoms with E-state index < -0.39 is 0 Å². The van der Waals surface area contributed by atoms with E-state index in [0.29, 0.717) is 17.5 Å². The van der Waals surface area contributed by atoms with Crippen molar-refractivity contribution in [2.75, 3.05) is 0 Å². The molecule has 7 rings (SSSR count). The SMILES string of the molecule is c1ccc(-c2nc(-c3ccccc3)nc(-c3cccc(-c4cc5cc6ccccc6cn5n4)c3)n2)cc1. The van der Waals surface area contributed by atoms with Gasteiger partial charge in [0.25, 0.3) is 0 Å². The fraction of sp³-hybridized carbons (Fsp3) is 0. The summed E-state index contributed by atoms with van der Waals surface area (Å²) in [5.41, 5.74) is 5.78. The minimum absolute atomic E-state index is 0.629. The Labute approximate surface area is 213 Å². The Balaban J connectivity index is 1.35. The van der Waals surface area contributed by atoms with Crippen molar-refractivity contribution in [3.63, 3.8) is 0 Å². The minimum Gasteiger partial charge on any atom is -0.240 e. The molecule has 0 aliphatic rings. The summed E-state index contributed by atoms with van der Waals surface area (Å²) in [7, 11) is 0. The predicted octanol–water partition coefficient (Wildman–Crippen LogP) is 7.34. The molecule has 4 aromatic carbocycles. The predicted molar refractivity (Wildman–Crippen MR) is 148 cm³/mol. The molecule has 3 heterocycles. The number of hydrogen-bond donors (Lipinski definition) is 0. The molecule has 0 aliphatic heterocycles. The van der Waals surface area contributed by atoms with E-state index >= 15 is 0 Å². The van der Waals surface area contributed by atoms with E-state index in [4.69, 9.17) is 20.1 Å². The Hall–Kier alpha value is -5.16. The van der Waals surface area contributed by atoms with E-state index in [-0.39, 0.29) is 0 Å². The van der Waals surface area contributed by atoms with E-state index in [1.807, 2.05) is 83.4 Å². The maximum Gasteiger partial charge on any atom is 0.164 e. The Morgan fingerprint density at radius 3 is 1.65 bits per heavy atom. The van der Waals surface area contributed by atoms with Gasteiger partial charge in [0.05, 0.1) is 11.2 Å². The quantitative estimate of drug-likeness (QED) is 0.267. The molecule has 0 bridgehead atoms. The highest BCUT2D eigenvalue weighted by molar-refractivity contribution is 5.86. The molecule has 5 nitrogen and oxygen atoms in total. The van der Waals surface area contributed by atoms with E-state index in [2.05, 4.69) is 48.7 Å². The van der Waals surface area contributed by atoms with Crippen LogP contribution in [-0.2, 0) is 0 Å². The van der Waals surface area contributed by atoms with Gasteiger partial charge in [-0.3, -0.25) is 0 Å². The molecule has 0 fully saturated rings. The highest BCUT2D eigenvalue weighted by Gasteiger charge is 2.13. The maximum absolute atomic E-state index is 4.87. The smallest absolute Gasteiger partial charge is 0.164 e. The van der Waals surface area contributed by atoms with Crippen LogP contribution in [-0.4, -0.2) is 24.6 Å². The Bertz CT molecular complexity index is 1760. The summed E-state index contributed by atoms with van der Waals surface area (Å²) in [6.45, 7) is 0. The molecule has 3 aromatic heterocycles. The van der Waals surface area contributed by atoms with E-state index in [9.17, 15) is 0 Å². The number of pyridine rings is 1. The van der Waals surface area contributed by atoms with Gasteiger partial charge in [-0.05, 0) is 23.6 Å². The third-order valence-electron chi connectivity index (χ3n) is 6.44. The van der Waals surface area contributed by atoms with Crippen LogP contribution < -0.4 is 0 Å². The molecule has 0 unspecified atom stereocenters. The molecule has 0 atom stereocenters. The molecule has 5 heteroatoms. The zero-order valence-electron chi connectivity index (χ0n) is 19.9. The summed E-state index contributed by atoms with van der Waals surface area (Å²) in [6.07, 6.45) is 2.07. The van der Waals surface area contributed by atoms with Gasteiger partial charge >= 0.3 is 0 Å². The van der Waals surface area contributed by atoms with Gasteiger partial charge in [0.1, 0.15) is 0 Å². The molecule has 174 valence electrons. The van der Waals surface area contributed by atoms with Crippen LogP contribution >= 0.6 is 0 Å². The topological polar surface area (TPSA) is 56.0 Å². The average molecular weight is 476 g/mol. The lowest BCUT2D eigenvalue weighted by molar-refractivity contribution is 0.974. The van der Waals surface area contributed by atoms with Crippen LogP contribution in [0.2, 0.25) is 0 Å². The fourth-order valence-electron chi connectivity index (χ4n) is 4.57. The fourth-order valence-corrected chi connectivity index (χ4v) is 4.57. The van der Waals surface area contributed by atoms with Crippen molar-refractivity contribution < 1.29 is 0 Å². The van der Waals surface area contributed by atoms with Gasteiger partial charge in [-0.2, -0.15) is 5.10 Å². The van der Waals surface area contributed by atoms with Gasteiger partial charge < -0.3 is 0 Å². The molecule has 0 saturated heterocycles. The summed E-state index contributed by atoms with van der Waals surface area (Å²) < 4.78 is 1.94. The lowest BCUT2D eigenvalue weighted by Gasteiger charge is -2.09. The molecule has 7 aromatic rings. The van der Waals surface area contributed by atoms with Crippen molar-refractivity contribution in [2.24, 2.45) is 0 Å². The minimum atomic E-state index is 0.629. The number of fused-ring (bicyclic) bond motifs is 2. The Morgan fingerprint density at radius 2 is 0.973 bits per heavy atom. The second-order valence-electron chi connectivity index (χ2n) is 8.92. The molecule has 0 N–H and O–H groups in total. The molecule has 0 saturated carbocycles. The zero-order chi connectivity index (χ0) is 24.6. The molecular weight excluding hydrogens is 454 g/mol. The van der Waals surface area contributed by atoms with Gasteiger partial charge in [0.15, 0.2) is 17.5 Å². The third kappa shape index (κ3) is 4.02. The van der Waals surface area contributed by atoms with Crippen molar-refractivity contribution >= 4 is 16.3 Å². The molecule has 0 amide bonds. The summed E-state index contributed by atoms with van der Waals surface area (Å²) in [5.74, 6) is 1.92. The number of rotatable bonds is 4. The Morgan fingerprint density at radius 1 is 0.432 bits per heavy atom. The van der Waals surface area contributed by atoms with Crippen LogP contribution in [0.25, 0.3) is 61.7 Å². The highest BCUT2D eigenvalue weighted by Crippen LogP contribution is 2.28. The van der Waals surface area contributed by atoms with Crippen molar-refractivity contribution in [2.45, 2.75) is 0 Å². The molecule has 0 radical (unpaired) electrons. The van der Waals surface area contributed by atoms with Crippen molar-refractivity contribution in [3.05, 3.63) is 128 Å². The van der Waals surface area contributed by atoms with Gasteiger partial charge in [0, 0.05) is 33.8 Å². The summed E-state index contributed by atoms with van der Waals surface area (Å²) in [6, 6.07) is 40.9.